The molecule has 0 aromatic heterocycles. The van der Waals surface area contributed by atoms with E-state index in [1.165, 1.54) is 11.8 Å². The molecule has 0 saturated heterocycles. The Bertz CT molecular complexity index is 704. The second kappa shape index (κ2) is 6.65. The average Bonchev–Trinajstić information content (AvgIpc) is 2.48. The summed E-state index contributed by atoms with van der Waals surface area (Å²) < 4.78 is 0. The van der Waals surface area contributed by atoms with E-state index in [1.54, 1.807) is 36.4 Å². The van der Waals surface area contributed by atoms with Crippen LogP contribution < -0.4 is 11.1 Å². The lowest BCUT2D eigenvalue weighted by atomic mass is 10.1. The second-order valence-electron chi connectivity index (χ2n) is 4.21. The Morgan fingerprint density at radius 2 is 1.86 bits per heavy atom. The van der Waals surface area contributed by atoms with Gasteiger partial charge in [-0.2, -0.15) is 0 Å². The van der Waals surface area contributed by atoms with Gasteiger partial charge in [0, 0.05) is 4.90 Å². The van der Waals surface area contributed by atoms with Crippen molar-refractivity contribution in [1.29, 1.82) is 0 Å². The molecule has 0 bridgehead atoms. The molecule has 0 spiro atoms. The number of primary amides is 1. The quantitative estimate of drug-likeness (QED) is 0.848. The van der Waals surface area contributed by atoms with Gasteiger partial charge in [-0.05, 0) is 36.6 Å². The van der Waals surface area contributed by atoms with Crippen molar-refractivity contribution in [2.24, 2.45) is 5.73 Å². The molecule has 0 heterocycles. The van der Waals surface area contributed by atoms with E-state index >= 15 is 0 Å². The van der Waals surface area contributed by atoms with Gasteiger partial charge < -0.3 is 11.1 Å². The summed E-state index contributed by atoms with van der Waals surface area (Å²) in [6, 6.07) is 11.8. The van der Waals surface area contributed by atoms with Crippen LogP contribution >= 0.6 is 23.4 Å². The Kier molecular flexibility index (Phi) is 4.88. The van der Waals surface area contributed by atoms with Gasteiger partial charge in [0.2, 0.25) is 0 Å². The van der Waals surface area contributed by atoms with Gasteiger partial charge >= 0.3 is 0 Å². The van der Waals surface area contributed by atoms with Crippen LogP contribution in [0.25, 0.3) is 0 Å². The molecule has 0 fully saturated rings. The second-order valence-corrected chi connectivity index (χ2v) is 5.50. The number of para-hydroxylation sites is 1. The van der Waals surface area contributed by atoms with E-state index in [0.29, 0.717) is 16.3 Å². The van der Waals surface area contributed by atoms with Crippen LogP contribution in [0.1, 0.15) is 20.7 Å². The van der Waals surface area contributed by atoms with Crippen molar-refractivity contribution in [3.63, 3.8) is 0 Å². The number of hydrogen-bond acceptors (Lipinski definition) is 3. The minimum atomic E-state index is -0.602. The molecular formula is C15H13ClN2O2S. The number of hydrogen-bond donors (Lipinski definition) is 2. The zero-order valence-corrected chi connectivity index (χ0v) is 12.8. The monoisotopic (exact) mass is 320 g/mol. The molecule has 2 rings (SSSR count). The van der Waals surface area contributed by atoms with Crippen molar-refractivity contribution >= 4 is 40.9 Å². The van der Waals surface area contributed by atoms with Crippen LogP contribution in [0.4, 0.5) is 5.69 Å². The molecule has 0 radical (unpaired) electrons. The Hall–Kier alpha value is -1.98. The van der Waals surface area contributed by atoms with Crippen molar-refractivity contribution in [3.8, 4) is 0 Å². The fraction of sp³-hybridized carbons (Fsp3) is 0.0667. The molecule has 4 nitrogen and oxygen atoms in total. The molecule has 0 atom stereocenters. The number of anilines is 1. The van der Waals surface area contributed by atoms with E-state index < -0.39 is 5.91 Å². The van der Waals surface area contributed by atoms with E-state index in [-0.39, 0.29) is 11.5 Å². The van der Waals surface area contributed by atoms with Gasteiger partial charge in [0.05, 0.1) is 21.8 Å². The molecule has 2 amide bonds. The van der Waals surface area contributed by atoms with E-state index in [1.807, 2.05) is 12.3 Å². The lowest BCUT2D eigenvalue weighted by Crippen LogP contribution is -2.18. The highest BCUT2D eigenvalue weighted by Gasteiger charge is 2.14. The molecule has 0 aliphatic rings. The third kappa shape index (κ3) is 3.56. The van der Waals surface area contributed by atoms with Crippen LogP contribution in [0.5, 0.6) is 0 Å². The summed E-state index contributed by atoms with van der Waals surface area (Å²) in [5, 5.41) is 3.02. The average molecular weight is 321 g/mol. The molecule has 0 aliphatic carbocycles. The summed E-state index contributed by atoms with van der Waals surface area (Å²) in [4.78, 5) is 24.6. The first-order valence-corrected chi connectivity index (χ1v) is 7.67. The van der Waals surface area contributed by atoms with Crippen molar-refractivity contribution in [3.05, 3.63) is 58.6 Å². The number of benzene rings is 2. The molecular weight excluding hydrogens is 308 g/mol. The fourth-order valence-electron chi connectivity index (χ4n) is 1.80. The standard InChI is InChI=1S/C15H13ClN2O2S/c1-21-9-6-7-12(16)11(8-9)15(20)18-13-5-3-2-4-10(13)14(17)19/h2-8H,1H3,(H2,17,19)(H,18,20). The first kappa shape index (κ1) is 15.4. The largest absolute Gasteiger partial charge is 0.366 e. The fourth-order valence-corrected chi connectivity index (χ4v) is 2.45. The zero-order valence-electron chi connectivity index (χ0n) is 11.2. The van der Waals surface area contributed by atoms with Gasteiger partial charge in [-0.1, -0.05) is 23.7 Å². The number of carbonyl (C=O) groups excluding carboxylic acids is 2. The smallest absolute Gasteiger partial charge is 0.257 e. The number of amides is 2. The van der Waals surface area contributed by atoms with E-state index in [2.05, 4.69) is 5.32 Å². The molecule has 2 aromatic rings. The van der Waals surface area contributed by atoms with Crippen LogP contribution in [0.2, 0.25) is 5.02 Å². The molecule has 2 aromatic carbocycles. The van der Waals surface area contributed by atoms with Crippen molar-refractivity contribution in [1.82, 2.24) is 0 Å². The number of nitrogens with two attached hydrogens (primary N) is 1. The van der Waals surface area contributed by atoms with Crippen molar-refractivity contribution in [2.75, 3.05) is 11.6 Å². The maximum Gasteiger partial charge on any atom is 0.257 e. The van der Waals surface area contributed by atoms with Crippen LogP contribution in [-0.4, -0.2) is 18.1 Å². The van der Waals surface area contributed by atoms with Gasteiger partial charge in [0.15, 0.2) is 0 Å². The highest BCUT2D eigenvalue weighted by molar-refractivity contribution is 7.98. The topological polar surface area (TPSA) is 72.2 Å². The predicted molar refractivity (Wildman–Crippen MR) is 86.1 cm³/mol. The number of halogens is 1. The summed E-state index contributed by atoms with van der Waals surface area (Å²) in [5.41, 5.74) is 6.25. The van der Waals surface area contributed by atoms with Gasteiger partial charge in [0.25, 0.3) is 11.8 Å². The molecule has 108 valence electrons. The predicted octanol–water partition coefficient (Wildman–Crippen LogP) is 3.41. The van der Waals surface area contributed by atoms with Crippen LogP contribution in [0.15, 0.2) is 47.4 Å². The third-order valence-corrected chi connectivity index (χ3v) is 3.91. The molecule has 21 heavy (non-hydrogen) atoms. The van der Waals surface area contributed by atoms with Gasteiger partial charge in [-0.25, -0.2) is 0 Å². The van der Waals surface area contributed by atoms with Gasteiger partial charge in [-0.3, -0.25) is 9.59 Å². The normalized spacial score (nSPS) is 10.2. The molecule has 6 heteroatoms. The first-order valence-electron chi connectivity index (χ1n) is 6.06. The Labute approximate surface area is 131 Å². The maximum atomic E-state index is 12.3. The zero-order chi connectivity index (χ0) is 15.4. The highest BCUT2D eigenvalue weighted by Crippen LogP contribution is 2.24. The Morgan fingerprint density at radius 3 is 2.52 bits per heavy atom. The molecule has 3 N–H and O–H groups in total. The van der Waals surface area contributed by atoms with Gasteiger partial charge in [-0.15, -0.1) is 11.8 Å². The highest BCUT2D eigenvalue weighted by atomic mass is 35.5. The Balaban J connectivity index is 2.33. The number of nitrogens with one attached hydrogen (secondary N) is 1. The summed E-state index contributed by atoms with van der Waals surface area (Å²) in [7, 11) is 0. The van der Waals surface area contributed by atoms with E-state index in [4.69, 9.17) is 17.3 Å². The first-order chi connectivity index (χ1) is 10.0. The summed E-state index contributed by atoms with van der Waals surface area (Å²) in [6.45, 7) is 0. The molecule has 0 aliphatic heterocycles. The van der Waals surface area contributed by atoms with E-state index in [9.17, 15) is 9.59 Å². The van der Waals surface area contributed by atoms with E-state index in [0.717, 1.165) is 4.90 Å². The number of rotatable bonds is 4. The Morgan fingerprint density at radius 1 is 1.14 bits per heavy atom. The lowest BCUT2D eigenvalue weighted by molar-refractivity contribution is 0.100. The van der Waals surface area contributed by atoms with Crippen molar-refractivity contribution in [2.45, 2.75) is 4.90 Å². The summed E-state index contributed by atoms with van der Waals surface area (Å²) in [5.74, 6) is -0.987. The molecule has 0 unspecified atom stereocenters. The van der Waals surface area contributed by atoms with Crippen LogP contribution in [0, 0.1) is 0 Å². The molecule has 0 saturated carbocycles. The number of carbonyl (C=O) groups is 2. The minimum absolute atomic E-state index is 0.253. The van der Waals surface area contributed by atoms with Crippen molar-refractivity contribution < 1.29 is 9.59 Å². The SMILES string of the molecule is CSc1ccc(Cl)c(C(=O)Nc2ccccc2C(N)=O)c1. The maximum absolute atomic E-state index is 12.3. The summed E-state index contributed by atoms with van der Waals surface area (Å²) >= 11 is 7.57. The van der Waals surface area contributed by atoms with Crippen LogP contribution in [0.3, 0.4) is 0 Å². The summed E-state index contributed by atoms with van der Waals surface area (Å²) in [6.07, 6.45) is 1.91. The minimum Gasteiger partial charge on any atom is -0.366 e. The lowest BCUT2D eigenvalue weighted by Gasteiger charge is -2.10. The van der Waals surface area contributed by atoms with Crippen LogP contribution in [-0.2, 0) is 0 Å². The number of thioether (sulfide) groups is 1. The third-order valence-electron chi connectivity index (χ3n) is 2.86. The van der Waals surface area contributed by atoms with Gasteiger partial charge in [0.1, 0.15) is 0 Å².